The van der Waals surface area contributed by atoms with Crippen LogP contribution in [0, 0.1) is 0 Å². The second-order valence-electron chi connectivity index (χ2n) is 5.54. The fraction of sp³-hybridized carbons (Fsp3) is 0.588. The molecule has 2 unspecified atom stereocenters. The molecule has 4 heteroatoms. The number of hydrogen-bond donors (Lipinski definition) is 1. The summed E-state index contributed by atoms with van der Waals surface area (Å²) in [6.07, 6.45) is 4.01. The predicted molar refractivity (Wildman–Crippen MR) is 82.5 cm³/mol. The second kappa shape index (κ2) is 7.46. The molecular weight excluding hydrogens is 266 g/mol. The molecule has 1 aromatic carbocycles. The number of fused-ring (bicyclic) bond motifs is 1. The van der Waals surface area contributed by atoms with Gasteiger partial charge in [0.2, 0.25) is 0 Å². The van der Waals surface area contributed by atoms with Crippen molar-refractivity contribution in [3.05, 3.63) is 29.3 Å². The van der Waals surface area contributed by atoms with Crippen molar-refractivity contribution in [3.8, 4) is 5.75 Å². The Kier molecular flexibility index (Phi) is 5.62. The molecule has 4 nitrogen and oxygen atoms in total. The molecule has 116 valence electrons. The molecule has 0 bridgehead atoms. The van der Waals surface area contributed by atoms with Gasteiger partial charge in [0, 0.05) is 6.04 Å². The minimum Gasteiger partial charge on any atom is -0.479 e. The van der Waals surface area contributed by atoms with Crippen molar-refractivity contribution in [2.24, 2.45) is 0 Å². The molecule has 1 aliphatic carbocycles. The molecule has 1 aromatic rings. The predicted octanol–water partition coefficient (Wildman–Crippen LogP) is 3.00. The zero-order valence-electron chi connectivity index (χ0n) is 13.1. The number of aryl methyl sites for hydroxylation is 1. The Balaban J connectivity index is 2.10. The average molecular weight is 291 g/mol. The van der Waals surface area contributed by atoms with Gasteiger partial charge in [-0.05, 0) is 62.4 Å². The lowest BCUT2D eigenvalue weighted by Crippen LogP contribution is -2.27. The van der Waals surface area contributed by atoms with Crippen LogP contribution in [0.2, 0.25) is 0 Å². The van der Waals surface area contributed by atoms with Crippen molar-refractivity contribution in [2.75, 3.05) is 13.7 Å². The summed E-state index contributed by atoms with van der Waals surface area (Å²) in [5.41, 5.74) is 2.69. The zero-order chi connectivity index (χ0) is 15.2. The molecule has 0 spiro atoms. The number of hydrogen-bond acceptors (Lipinski definition) is 4. The molecule has 0 aromatic heterocycles. The SMILES string of the molecule is CCCNC1CCCc2cc(OC(C)C(=O)OC)ccc21. The summed E-state index contributed by atoms with van der Waals surface area (Å²) in [4.78, 5) is 11.4. The molecule has 0 saturated heterocycles. The van der Waals surface area contributed by atoms with E-state index in [1.165, 1.54) is 31.1 Å². The molecule has 1 N–H and O–H groups in total. The van der Waals surface area contributed by atoms with Crippen LogP contribution in [0.5, 0.6) is 5.75 Å². The number of carbonyl (C=O) groups is 1. The molecule has 0 saturated carbocycles. The Morgan fingerprint density at radius 3 is 3.00 bits per heavy atom. The van der Waals surface area contributed by atoms with Crippen LogP contribution in [-0.2, 0) is 16.0 Å². The molecular formula is C17H25NO3. The summed E-state index contributed by atoms with van der Waals surface area (Å²) in [7, 11) is 1.37. The molecule has 21 heavy (non-hydrogen) atoms. The maximum absolute atomic E-state index is 11.4. The summed E-state index contributed by atoms with van der Waals surface area (Å²) in [6, 6.07) is 6.58. The molecule has 2 rings (SSSR count). The van der Waals surface area contributed by atoms with Crippen molar-refractivity contribution >= 4 is 5.97 Å². The van der Waals surface area contributed by atoms with E-state index in [1.807, 2.05) is 6.07 Å². The summed E-state index contributed by atoms with van der Waals surface area (Å²) in [5.74, 6) is 0.387. The first kappa shape index (κ1) is 15.8. The van der Waals surface area contributed by atoms with Crippen molar-refractivity contribution in [1.82, 2.24) is 5.32 Å². The highest BCUT2D eigenvalue weighted by atomic mass is 16.6. The summed E-state index contributed by atoms with van der Waals surface area (Å²) in [6.45, 7) is 4.93. The van der Waals surface area contributed by atoms with Crippen LogP contribution in [0.1, 0.15) is 50.3 Å². The molecule has 0 heterocycles. The number of methoxy groups -OCH3 is 1. The standard InChI is InChI=1S/C17H25NO3/c1-4-10-18-16-7-5-6-13-11-14(8-9-15(13)16)21-12(2)17(19)20-3/h8-9,11-12,16,18H,4-7,10H2,1-3H3. The largest absolute Gasteiger partial charge is 0.479 e. The number of ether oxygens (including phenoxy) is 2. The first-order chi connectivity index (χ1) is 10.2. The Labute approximate surface area is 126 Å². The Bertz CT molecular complexity index is 487. The van der Waals surface area contributed by atoms with Gasteiger partial charge in [0.05, 0.1) is 7.11 Å². The van der Waals surface area contributed by atoms with Gasteiger partial charge in [0.25, 0.3) is 0 Å². The summed E-state index contributed by atoms with van der Waals surface area (Å²) < 4.78 is 10.3. The van der Waals surface area contributed by atoms with Gasteiger partial charge in [0.15, 0.2) is 6.10 Å². The highest BCUT2D eigenvalue weighted by molar-refractivity contribution is 5.74. The maximum Gasteiger partial charge on any atom is 0.346 e. The summed E-state index contributed by atoms with van der Waals surface area (Å²) in [5, 5.41) is 3.60. The third-order valence-corrected chi connectivity index (χ3v) is 3.92. The third kappa shape index (κ3) is 3.97. The average Bonchev–Trinajstić information content (AvgIpc) is 2.51. The van der Waals surface area contributed by atoms with Gasteiger partial charge < -0.3 is 14.8 Å². The van der Waals surface area contributed by atoms with Crippen molar-refractivity contribution in [2.45, 2.75) is 51.7 Å². The fourth-order valence-corrected chi connectivity index (χ4v) is 2.81. The lowest BCUT2D eigenvalue weighted by atomic mass is 9.87. The number of esters is 1. The van der Waals surface area contributed by atoms with E-state index >= 15 is 0 Å². The number of benzene rings is 1. The van der Waals surface area contributed by atoms with Crippen LogP contribution in [-0.4, -0.2) is 25.7 Å². The van der Waals surface area contributed by atoms with E-state index in [-0.39, 0.29) is 5.97 Å². The van der Waals surface area contributed by atoms with Gasteiger partial charge in [-0.3, -0.25) is 0 Å². The molecule has 0 fully saturated rings. The van der Waals surface area contributed by atoms with Crippen LogP contribution in [0.3, 0.4) is 0 Å². The molecule has 2 atom stereocenters. The van der Waals surface area contributed by atoms with Crippen molar-refractivity contribution in [3.63, 3.8) is 0 Å². The summed E-state index contributed by atoms with van der Waals surface area (Å²) >= 11 is 0. The van der Waals surface area contributed by atoms with Crippen LogP contribution < -0.4 is 10.1 Å². The second-order valence-corrected chi connectivity index (χ2v) is 5.54. The normalized spacial score (nSPS) is 18.7. The van der Waals surface area contributed by atoms with Gasteiger partial charge in [-0.2, -0.15) is 0 Å². The highest BCUT2D eigenvalue weighted by Crippen LogP contribution is 2.32. The van der Waals surface area contributed by atoms with E-state index in [0.29, 0.717) is 6.04 Å². The van der Waals surface area contributed by atoms with Gasteiger partial charge in [-0.15, -0.1) is 0 Å². The van der Waals surface area contributed by atoms with Crippen LogP contribution in [0.25, 0.3) is 0 Å². The lowest BCUT2D eigenvalue weighted by Gasteiger charge is -2.27. The fourth-order valence-electron chi connectivity index (χ4n) is 2.81. The van der Waals surface area contributed by atoms with Gasteiger partial charge in [-0.25, -0.2) is 4.79 Å². The molecule has 0 amide bonds. The maximum atomic E-state index is 11.4. The quantitative estimate of drug-likeness (QED) is 0.819. The van der Waals surface area contributed by atoms with E-state index < -0.39 is 6.10 Å². The first-order valence-corrected chi connectivity index (χ1v) is 7.76. The van der Waals surface area contributed by atoms with E-state index in [2.05, 4.69) is 29.1 Å². The molecule has 1 aliphatic rings. The van der Waals surface area contributed by atoms with Crippen molar-refractivity contribution < 1.29 is 14.3 Å². The van der Waals surface area contributed by atoms with E-state index in [1.54, 1.807) is 6.92 Å². The molecule has 0 aliphatic heterocycles. The third-order valence-electron chi connectivity index (χ3n) is 3.92. The number of nitrogens with one attached hydrogen (secondary N) is 1. The Morgan fingerprint density at radius 1 is 1.48 bits per heavy atom. The zero-order valence-corrected chi connectivity index (χ0v) is 13.1. The number of rotatable bonds is 6. The molecule has 0 radical (unpaired) electrons. The monoisotopic (exact) mass is 291 g/mol. The van der Waals surface area contributed by atoms with Crippen LogP contribution in [0.4, 0.5) is 0 Å². The van der Waals surface area contributed by atoms with E-state index in [9.17, 15) is 4.79 Å². The van der Waals surface area contributed by atoms with Gasteiger partial charge in [-0.1, -0.05) is 13.0 Å². The Morgan fingerprint density at radius 2 is 2.29 bits per heavy atom. The minimum absolute atomic E-state index is 0.352. The first-order valence-electron chi connectivity index (χ1n) is 7.76. The topological polar surface area (TPSA) is 47.6 Å². The van der Waals surface area contributed by atoms with E-state index in [4.69, 9.17) is 4.74 Å². The van der Waals surface area contributed by atoms with E-state index in [0.717, 1.165) is 25.1 Å². The van der Waals surface area contributed by atoms with Gasteiger partial charge in [0.1, 0.15) is 5.75 Å². The van der Waals surface area contributed by atoms with Gasteiger partial charge >= 0.3 is 5.97 Å². The smallest absolute Gasteiger partial charge is 0.346 e. The Hall–Kier alpha value is -1.55. The van der Waals surface area contributed by atoms with Crippen LogP contribution >= 0.6 is 0 Å². The lowest BCUT2D eigenvalue weighted by molar-refractivity contribution is -0.147. The van der Waals surface area contributed by atoms with Crippen molar-refractivity contribution in [1.29, 1.82) is 0 Å². The number of carbonyl (C=O) groups excluding carboxylic acids is 1. The van der Waals surface area contributed by atoms with Crippen LogP contribution in [0.15, 0.2) is 18.2 Å². The highest BCUT2D eigenvalue weighted by Gasteiger charge is 2.21. The minimum atomic E-state index is -0.578.